The van der Waals surface area contributed by atoms with Gasteiger partial charge in [0.25, 0.3) is 5.91 Å². The Labute approximate surface area is 117 Å². The minimum absolute atomic E-state index is 0.156. The molecule has 2 aromatic carbocycles. The third-order valence-electron chi connectivity index (χ3n) is 2.33. The number of carbonyl (C=O) groups is 1. The average Bonchev–Trinajstić information content (AvgIpc) is 2.41. The molecule has 0 saturated carbocycles. The van der Waals surface area contributed by atoms with Gasteiger partial charge in [-0.2, -0.15) is 3.89 Å². The lowest BCUT2D eigenvalue weighted by Crippen LogP contribution is -2.11. The van der Waals surface area contributed by atoms with Gasteiger partial charge in [0.2, 0.25) is 0 Å². The van der Waals surface area contributed by atoms with E-state index in [1.165, 1.54) is 0 Å². The normalized spacial score (nSPS) is 10.1. The number of hydrogen-bond acceptors (Lipinski definition) is 2. The Bertz CT molecular complexity index is 559. The van der Waals surface area contributed by atoms with Gasteiger partial charge in [0, 0.05) is 14.9 Å². The number of hydrogen-bond donors (Lipinski definition) is 1. The predicted octanol–water partition coefficient (Wildman–Crippen LogP) is 4.68. The second-order valence-electron chi connectivity index (χ2n) is 3.54. The summed E-state index contributed by atoms with van der Waals surface area (Å²) in [7, 11) is 0. The molecule has 92 valence electrons. The van der Waals surface area contributed by atoms with Crippen molar-refractivity contribution in [2.75, 3.05) is 5.32 Å². The second-order valence-corrected chi connectivity index (χ2v) is 5.02. The van der Waals surface area contributed by atoms with E-state index in [2.05, 4.69) is 21.2 Å². The minimum atomic E-state index is -0.225. The van der Waals surface area contributed by atoms with Crippen molar-refractivity contribution in [1.29, 1.82) is 0 Å². The van der Waals surface area contributed by atoms with Gasteiger partial charge < -0.3 is 5.32 Å². The number of para-hydroxylation sites is 1. The molecule has 0 radical (unpaired) electrons. The van der Waals surface area contributed by atoms with E-state index in [0.717, 1.165) is 4.47 Å². The van der Waals surface area contributed by atoms with Crippen LogP contribution in [0.1, 0.15) is 10.4 Å². The lowest BCUT2D eigenvalue weighted by Gasteiger charge is -2.07. The van der Waals surface area contributed by atoms with Crippen LogP contribution in [0, 0.1) is 0 Å². The van der Waals surface area contributed by atoms with Crippen molar-refractivity contribution >= 4 is 39.7 Å². The molecule has 5 heteroatoms. The van der Waals surface area contributed by atoms with E-state index in [4.69, 9.17) is 0 Å². The summed E-state index contributed by atoms with van der Waals surface area (Å²) in [5.74, 6) is -0.225. The number of anilines is 1. The Morgan fingerprint density at radius 1 is 1.11 bits per heavy atom. The highest BCUT2D eigenvalue weighted by atomic mass is 79.9. The number of halogens is 2. The van der Waals surface area contributed by atoms with E-state index in [9.17, 15) is 8.68 Å². The molecule has 1 amide bonds. The summed E-state index contributed by atoms with van der Waals surface area (Å²) in [5.41, 5.74) is 1.19. The summed E-state index contributed by atoms with van der Waals surface area (Å²) in [6.07, 6.45) is 0. The predicted molar refractivity (Wildman–Crippen MR) is 75.5 cm³/mol. The Kier molecular flexibility index (Phi) is 4.38. The zero-order chi connectivity index (χ0) is 13.0. The molecule has 2 nitrogen and oxygen atoms in total. The Morgan fingerprint density at radius 2 is 1.78 bits per heavy atom. The van der Waals surface area contributed by atoms with Crippen molar-refractivity contribution in [2.24, 2.45) is 0 Å². The second kappa shape index (κ2) is 6.02. The molecule has 18 heavy (non-hydrogen) atoms. The monoisotopic (exact) mass is 325 g/mol. The van der Waals surface area contributed by atoms with Crippen LogP contribution in [0.3, 0.4) is 0 Å². The fraction of sp³-hybridized carbons (Fsp3) is 0. The molecule has 0 unspecified atom stereocenters. The first-order valence-corrected chi connectivity index (χ1v) is 6.66. The van der Waals surface area contributed by atoms with Gasteiger partial charge in [0.15, 0.2) is 0 Å². The van der Waals surface area contributed by atoms with Gasteiger partial charge in [0.1, 0.15) is 0 Å². The van der Waals surface area contributed by atoms with Crippen LogP contribution in [0.25, 0.3) is 0 Å². The van der Waals surface area contributed by atoms with Gasteiger partial charge in [-0.25, -0.2) is 0 Å². The van der Waals surface area contributed by atoms with Gasteiger partial charge in [-0.3, -0.25) is 4.79 Å². The molecule has 1 N–H and O–H groups in total. The van der Waals surface area contributed by atoms with Gasteiger partial charge in [-0.05, 0) is 52.3 Å². The molecule has 2 aromatic rings. The standard InChI is InChI=1S/C13H9BrFNOS/c14-11-3-1-2-4-12(11)16-13(17)9-5-7-10(18-15)8-6-9/h1-8H,(H,16,17). The van der Waals surface area contributed by atoms with Crippen molar-refractivity contribution in [2.45, 2.75) is 4.90 Å². The molecule has 0 fully saturated rings. The Hall–Kier alpha value is -1.33. The maximum absolute atomic E-state index is 12.3. The summed E-state index contributed by atoms with van der Waals surface area (Å²) in [4.78, 5) is 12.4. The van der Waals surface area contributed by atoms with Crippen LogP contribution in [0.4, 0.5) is 9.57 Å². The van der Waals surface area contributed by atoms with Crippen LogP contribution in [-0.4, -0.2) is 5.91 Å². The number of carbonyl (C=O) groups excluding carboxylic acids is 1. The Balaban J connectivity index is 2.14. The highest BCUT2D eigenvalue weighted by Crippen LogP contribution is 2.23. The molecular formula is C13H9BrFNOS. The SMILES string of the molecule is O=C(Nc1ccccc1Br)c1ccc(SF)cc1. The van der Waals surface area contributed by atoms with Crippen LogP contribution in [0.5, 0.6) is 0 Å². The van der Waals surface area contributed by atoms with Gasteiger partial charge >= 0.3 is 0 Å². The fourth-order valence-electron chi connectivity index (χ4n) is 1.41. The lowest BCUT2D eigenvalue weighted by molar-refractivity contribution is 0.102. The van der Waals surface area contributed by atoms with E-state index in [0.29, 0.717) is 16.1 Å². The van der Waals surface area contributed by atoms with Crippen molar-refractivity contribution in [3.63, 3.8) is 0 Å². The quantitative estimate of drug-likeness (QED) is 0.887. The van der Waals surface area contributed by atoms with Crippen molar-refractivity contribution in [1.82, 2.24) is 0 Å². The zero-order valence-electron chi connectivity index (χ0n) is 9.19. The highest BCUT2D eigenvalue weighted by molar-refractivity contribution is 9.10. The van der Waals surface area contributed by atoms with Crippen molar-refractivity contribution in [3.8, 4) is 0 Å². The average molecular weight is 326 g/mol. The van der Waals surface area contributed by atoms with Gasteiger partial charge in [-0.15, -0.1) is 0 Å². The lowest BCUT2D eigenvalue weighted by atomic mass is 10.2. The summed E-state index contributed by atoms with van der Waals surface area (Å²) >= 11 is 3.51. The first kappa shape index (κ1) is 13.1. The topological polar surface area (TPSA) is 29.1 Å². The number of benzene rings is 2. The summed E-state index contributed by atoms with van der Waals surface area (Å²) in [6, 6.07) is 13.7. The van der Waals surface area contributed by atoms with E-state index in [1.807, 2.05) is 18.2 Å². The number of nitrogens with one attached hydrogen (secondary N) is 1. The first-order chi connectivity index (χ1) is 8.70. The summed E-state index contributed by atoms with van der Waals surface area (Å²) in [6.45, 7) is 0. The zero-order valence-corrected chi connectivity index (χ0v) is 11.6. The summed E-state index contributed by atoms with van der Waals surface area (Å²) in [5, 5.41) is 2.78. The molecule has 0 atom stereocenters. The minimum Gasteiger partial charge on any atom is -0.321 e. The third kappa shape index (κ3) is 3.11. The smallest absolute Gasteiger partial charge is 0.255 e. The molecule has 0 spiro atoms. The third-order valence-corrected chi connectivity index (χ3v) is 3.47. The molecule has 0 aromatic heterocycles. The van der Waals surface area contributed by atoms with Crippen molar-refractivity contribution < 1.29 is 8.68 Å². The van der Waals surface area contributed by atoms with E-state index in [-0.39, 0.29) is 18.1 Å². The van der Waals surface area contributed by atoms with Crippen LogP contribution < -0.4 is 5.32 Å². The maximum Gasteiger partial charge on any atom is 0.255 e. The number of amides is 1. The molecule has 0 bridgehead atoms. The van der Waals surface area contributed by atoms with E-state index < -0.39 is 0 Å². The van der Waals surface area contributed by atoms with Crippen LogP contribution in [0.2, 0.25) is 0 Å². The maximum atomic E-state index is 12.3. The van der Waals surface area contributed by atoms with Gasteiger partial charge in [-0.1, -0.05) is 12.1 Å². The summed E-state index contributed by atoms with van der Waals surface area (Å²) < 4.78 is 13.1. The van der Waals surface area contributed by atoms with Crippen LogP contribution in [-0.2, 0) is 0 Å². The molecule has 0 aliphatic carbocycles. The van der Waals surface area contributed by atoms with E-state index in [1.54, 1.807) is 30.3 Å². The molecule has 0 aliphatic rings. The molecule has 0 aliphatic heterocycles. The molecule has 0 saturated heterocycles. The molecule has 0 heterocycles. The fourth-order valence-corrected chi connectivity index (χ4v) is 2.04. The van der Waals surface area contributed by atoms with E-state index >= 15 is 0 Å². The van der Waals surface area contributed by atoms with Crippen molar-refractivity contribution in [3.05, 3.63) is 58.6 Å². The van der Waals surface area contributed by atoms with Crippen LogP contribution >= 0.6 is 28.1 Å². The Morgan fingerprint density at radius 3 is 2.39 bits per heavy atom. The van der Waals surface area contributed by atoms with Gasteiger partial charge in [0.05, 0.1) is 17.8 Å². The molecular weight excluding hydrogens is 317 g/mol. The first-order valence-electron chi connectivity index (χ1n) is 5.15. The number of rotatable bonds is 3. The highest BCUT2D eigenvalue weighted by Gasteiger charge is 2.07. The van der Waals surface area contributed by atoms with Crippen LogP contribution in [0.15, 0.2) is 57.9 Å². The molecule has 2 rings (SSSR count). The largest absolute Gasteiger partial charge is 0.321 e.